The minimum absolute atomic E-state index is 0.114. The molecule has 0 saturated carbocycles. The molecule has 4 aromatic rings. The Hall–Kier alpha value is -3.78. The number of hydrogen-bond acceptors (Lipinski definition) is 6. The van der Waals surface area contributed by atoms with E-state index in [0.717, 1.165) is 50.2 Å². The summed E-state index contributed by atoms with van der Waals surface area (Å²) in [5.41, 5.74) is 3.59. The Labute approximate surface area is 203 Å². The van der Waals surface area contributed by atoms with Crippen molar-refractivity contribution in [1.29, 1.82) is 0 Å². The van der Waals surface area contributed by atoms with Crippen LogP contribution in [0.1, 0.15) is 40.2 Å². The van der Waals surface area contributed by atoms with Crippen LogP contribution in [0.2, 0.25) is 0 Å². The third kappa shape index (κ3) is 4.88. The normalized spacial score (nSPS) is 14.9. The van der Waals surface area contributed by atoms with E-state index in [1.165, 1.54) is 24.1 Å². The molecular weight excluding hydrogens is 446 g/mol. The van der Waals surface area contributed by atoms with Gasteiger partial charge in [0.05, 0.1) is 26.2 Å². The summed E-state index contributed by atoms with van der Waals surface area (Å²) in [7, 11) is 1.51. The van der Waals surface area contributed by atoms with Crippen molar-refractivity contribution in [2.45, 2.75) is 25.3 Å². The summed E-state index contributed by atoms with van der Waals surface area (Å²) >= 11 is 0. The number of carboxylic acid groups (broad SMARTS) is 1. The lowest BCUT2D eigenvalue weighted by Crippen LogP contribution is -2.36. The van der Waals surface area contributed by atoms with Gasteiger partial charge >= 0.3 is 5.97 Å². The van der Waals surface area contributed by atoms with Gasteiger partial charge in [-0.15, -0.1) is 0 Å². The molecule has 1 aliphatic rings. The smallest absolute Gasteiger partial charge is 0.339 e. The number of carboxylic acids is 1. The second kappa shape index (κ2) is 10.2. The van der Waals surface area contributed by atoms with Gasteiger partial charge in [0.2, 0.25) is 0 Å². The van der Waals surface area contributed by atoms with Crippen LogP contribution in [0.15, 0.2) is 65.7 Å². The summed E-state index contributed by atoms with van der Waals surface area (Å²) in [6.07, 6.45) is 9.68. The number of para-hydroxylation sites is 1. The van der Waals surface area contributed by atoms with E-state index < -0.39 is 5.97 Å². The van der Waals surface area contributed by atoms with Crippen molar-refractivity contribution in [3.8, 4) is 11.5 Å². The van der Waals surface area contributed by atoms with Crippen molar-refractivity contribution in [2.24, 2.45) is 0 Å². The van der Waals surface area contributed by atoms with E-state index in [9.17, 15) is 9.90 Å². The monoisotopic (exact) mass is 475 g/mol. The van der Waals surface area contributed by atoms with Crippen LogP contribution in [-0.4, -0.2) is 58.9 Å². The largest absolute Gasteiger partial charge is 0.493 e. The molecule has 0 atom stereocenters. The van der Waals surface area contributed by atoms with Gasteiger partial charge in [0, 0.05) is 29.9 Å². The molecule has 1 fully saturated rings. The summed E-state index contributed by atoms with van der Waals surface area (Å²) in [5.74, 6) is 0.165. The standard InChI is InChI=1S/C27H29N3O5/c1-33-24-6-2-4-22(27(31)32)25(24)35-15-13-29-11-7-20(8-12-29)23-17-30(16-19-9-14-34-18-19)26-21(23)5-3-10-28-26/h2-6,9-10,14,17-18,20H,7-8,11-13,15-16H2,1H3,(H,31,32). The summed E-state index contributed by atoms with van der Waals surface area (Å²) in [4.78, 5) is 18.6. The number of pyridine rings is 1. The maximum absolute atomic E-state index is 11.6. The van der Waals surface area contributed by atoms with Crippen LogP contribution in [0.25, 0.3) is 11.0 Å². The van der Waals surface area contributed by atoms with Crippen molar-refractivity contribution in [2.75, 3.05) is 33.4 Å². The minimum atomic E-state index is -1.03. The Bertz CT molecular complexity index is 1290. The molecule has 8 heteroatoms. The number of fused-ring (bicyclic) bond motifs is 1. The second-order valence-corrected chi connectivity index (χ2v) is 8.82. The first-order valence-corrected chi connectivity index (χ1v) is 11.8. The predicted octanol–water partition coefficient (Wildman–Crippen LogP) is 4.64. The van der Waals surface area contributed by atoms with Crippen molar-refractivity contribution in [1.82, 2.24) is 14.5 Å². The first-order valence-electron chi connectivity index (χ1n) is 11.8. The van der Waals surface area contributed by atoms with E-state index in [1.54, 1.807) is 24.7 Å². The van der Waals surface area contributed by atoms with Gasteiger partial charge < -0.3 is 23.6 Å². The Morgan fingerprint density at radius 3 is 2.80 bits per heavy atom. The Morgan fingerprint density at radius 2 is 2.06 bits per heavy atom. The van der Waals surface area contributed by atoms with Gasteiger partial charge in [-0.25, -0.2) is 9.78 Å². The first kappa shape index (κ1) is 23.0. The van der Waals surface area contributed by atoms with E-state index >= 15 is 0 Å². The van der Waals surface area contributed by atoms with Gasteiger partial charge in [-0.1, -0.05) is 6.07 Å². The summed E-state index contributed by atoms with van der Waals surface area (Å²) in [6, 6.07) is 11.1. The molecule has 1 saturated heterocycles. The molecule has 1 aromatic carbocycles. The van der Waals surface area contributed by atoms with Gasteiger partial charge in [0.1, 0.15) is 17.8 Å². The lowest BCUT2D eigenvalue weighted by molar-refractivity contribution is 0.0690. The van der Waals surface area contributed by atoms with E-state index in [2.05, 4.69) is 26.7 Å². The number of benzene rings is 1. The molecule has 1 N–H and O–H groups in total. The van der Waals surface area contributed by atoms with Gasteiger partial charge in [-0.3, -0.25) is 4.90 Å². The van der Waals surface area contributed by atoms with Gasteiger partial charge in [0.25, 0.3) is 0 Å². The fourth-order valence-electron chi connectivity index (χ4n) is 4.91. The number of likely N-dealkylation sites (tertiary alicyclic amines) is 1. The second-order valence-electron chi connectivity index (χ2n) is 8.82. The average Bonchev–Trinajstić information content (AvgIpc) is 3.53. The van der Waals surface area contributed by atoms with Crippen molar-refractivity contribution < 1.29 is 23.8 Å². The molecule has 8 nitrogen and oxygen atoms in total. The van der Waals surface area contributed by atoms with Crippen molar-refractivity contribution in [3.63, 3.8) is 0 Å². The van der Waals surface area contributed by atoms with Crippen molar-refractivity contribution >= 4 is 17.0 Å². The third-order valence-corrected chi connectivity index (χ3v) is 6.71. The number of hydrogen-bond donors (Lipinski definition) is 1. The number of furan rings is 1. The lowest BCUT2D eigenvalue weighted by atomic mass is 9.89. The molecule has 35 heavy (non-hydrogen) atoms. The van der Waals surface area contributed by atoms with Crippen molar-refractivity contribution in [3.05, 3.63) is 78.0 Å². The quantitative estimate of drug-likeness (QED) is 0.377. The van der Waals surface area contributed by atoms with E-state index in [-0.39, 0.29) is 11.3 Å². The lowest BCUT2D eigenvalue weighted by Gasteiger charge is -2.31. The average molecular weight is 476 g/mol. The Balaban J connectivity index is 1.21. The van der Waals surface area contributed by atoms with E-state index in [0.29, 0.717) is 18.3 Å². The maximum atomic E-state index is 11.6. The summed E-state index contributed by atoms with van der Waals surface area (Å²) in [5, 5.41) is 10.7. The fraction of sp³-hybridized carbons (Fsp3) is 0.333. The van der Waals surface area contributed by atoms with Crippen LogP contribution in [0.5, 0.6) is 11.5 Å². The van der Waals surface area contributed by atoms with E-state index in [4.69, 9.17) is 13.9 Å². The summed E-state index contributed by atoms with van der Waals surface area (Å²) < 4.78 is 18.6. The van der Waals surface area contributed by atoms with Crippen LogP contribution in [-0.2, 0) is 6.54 Å². The number of piperidine rings is 1. The van der Waals surface area contributed by atoms with Crippen LogP contribution in [0.3, 0.4) is 0 Å². The molecule has 5 rings (SSSR count). The number of methoxy groups -OCH3 is 1. The van der Waals surface area contributed by atoms with Gasteiger partial charge in [0.15, 0.2) is 11.5 Å². The SMILES string of the molecule is COc1cccc(C(=O)O)c1OCCN1CCC(c2cn(Cc3ccoc3)c3ncccc23)CC1. The van der Waals surface area contributed by atoms with Crippen LogP contribution >= 0.6 is 0 Å². The number of aromatic carboxylic acids is 1. The molecule has 182 valence electrons. The van der Waals surface area contributed by atoms with Gasteiger partial charge in [-0.05, 0) is 67.7 Å². The molecule has 4 heterocycles. The van der Waals surface area contributed by atoms with Crippen LogP contribution in [0.4, 0.5) is 0 Å². The zero-order valence-electron chi connectivity index (χ0n) is 19.7. The van der Waals surface area contributed by atoms with Crippen LogP contribution < -0.4 is 9.47 Å². The number of aromatic nitrogens is 2. The highest BCUT2D eigenvalue weighted by molar-refractivity contribution is 5.92. The minimum Gasteiger partial charge on any atom is -0.493 e. The molecule has 0 radical (unpaired) electrons. The number of carbonyl (C=O) groups is 1. The topological polar surface area (TPSA) is 90.0 Å². The molecule has 0 bridgehead atoms. The van der Waals surface area contributed by atoms with Crippen LogP contribution in [0, 0.1) is 0 Å². The molecule has 0 amide bonds. The number of nitrogens with zero attached hydrogens (tertiary/aromatic N) is 3. The Morgan fingerprint density at radius 1 is 1.20 bits per heavy atom. The first-order chi connectivity index (χ1) is 17.1. The molecule has 3 aromatic heterocycles. The number of ether oxygens (including phenoxy) is 2. The molecule has 0 spiro atoms. The highest BCUT2D eigenvalue weighted by Crippen LogP contribution is 2.35. The highest BCUT2D eigenvalue weighted by atomic mass is 16.5. The fourth-order valence-corrected chi connectivity index (χ4v) is 4.91. The summed E-state index contributed by atoms with van der Waals surface area (Å²) in [6.45, 7) is 3.79. The van der Waals surface area contributed by atoms with E-state index in [1.807, 2.05) is 18.3 Å². The molecule has 0 aliphatic carbocycles. The third-order valence-electron chi connectivity index (χ3n) is 6.71. The predicted molar refractivity (Wildman–Crippen MR) is 131 cm³/mol. The zero-order valence-corrected chi connectivity index (χ0v) is 19.7. The zero-order chi connectivity index (χ0) is 24.2. The molecule has 1 aliphatic heterocycles. The maximum Gasteiger partial charge on any atom is 0.339 e. The molecular formula is C27H29N3O5. The number of rotatable bonds is 9. The molecule has 0 unspecified atom stereocenters. The highest BCUT2D eigenvalue weighted by Gasteiger charge is 2.24. The Kier molecular flexibility index (Phi) is 6.72. The van der Waals surface area contributed by atoms with Gasteiger partial charge in [-0.2, -0.15) is 0 Å².